The molecule has 0 aliphatic carbocycles. The van der Waals surface area contributed by atoms with Crippen LogP contribution in [0.3, 0.4) is 0 Å². The van der Waals surface area contributed by atoms with Crippen molar-refractivity contribution in [2.75, 3.05) is 0 Å². The minimum absolute atomic E-state index is 0.531. The van der Waals surface area contributed by atoms with Crippen LogP contribution in [0.25, 0.3) is 0 Å². The summed E-state index contributed by atoms with van der Waals surface area (Å²) in [5.41, 5.74) is 1.06. The highest BCUT2D eigenvalue weighted by Crippen LogP contribution is 2.33. The highest BCUT2D eigenvalue weighted by Gasteiger charge is 2.21. The molecule has 0 aromatic heterocycles. The molecule has 0 aromatic carbocycles. The minimum Gasteiger partial charge on any atom is -0.0623 e. The molecule has 0 heteroatoms. The molecule has 0 amide bonds. The number of hydrogen-bond acceptors (Lipinski definition) is 0. The summed E-state index contributed by atoms with van der Waals surface area (Å²) < 4.78 is 0. The second kappa shape index (κ2) is 10.7. The van der Waals surface area contributed by atoms with Crippen molar-refractivity contribution in [1.82, 2.24) is 0 Å². The third kappa shape index (κ3) is 9.90. The van der Waals surface area contributed by atoms with Gasteiger partial charge < -0.3 is 0 Å². The van der Waals surface area contributed by atoms with Crippen molar-refractivity contribution in [2.24, 2.45) is 22.7 Å². The van der Waals surface area contributed by atoms with Crippen molar-refractivity contribution in [1.29, 1.82) is 0 Å². The molecule has 0 atom stereocenters. The van der Waals surface area contributed by atoms with Crippen molar-refractivity contribution >= 4 is 0 Å². The molecule has 0 bridgehead atoms. The molecule has 0 rings (SSSR count). The maximum atomic E-state index is 2.43. The van der Waals surface area contributed by atoms with E-state index >= 15 is 0 Å². The van der Waals surface area contributed by atoms with Crippen molar-refractivity contribution in [3.63, 3.8) is 0 Å². The molecule has 0 saturated carbocycles. The van der Waals surface area contributed by atoms with Gasteiger partial charge in [-0.15, -0.1) is 0 Å². The molecular formula is C22H46. The molecular weight excluding hydrogens is 264 g/mol. The van der Waals surface area contributed by atoms with Gasteiger partial charge in [-0.05, 0) is 35.5 Å². The van der Waals surface area contributed by atoms with Gasteiger partial charge >= 0.3 is 0 Å². The van der Waals surface area contributed by atoms with E-state index in [-0.39, 0.29) is 0 Å². The first-order chi connectivity index (χ1) is 10.1. The molecule has 0 aromatic rings. The molecule has 0 aliphatic rings. The largest absolute Gasteiger partial charge is 0.0623 e. The van der Waals surface area contributed by atoms with Crippen LogP contribution in [0.5, 0.6) is 0 Å². The fourth-order valence-corrected chi connectivity index (χ4v) is 2.80. The van der Waals surface area contributed by atoms with Crippen LogP contribution in [0, 0.1) is 22.7 Å². The third-order valence-electron chi connectivity index (χ3n) is 6.52. The highest BCUT2D eigenvalue weighted by atomic mass is 14.3. The van der Waals surface area contributed by atoms with Gasteiger partial charge in [0.15, 0.2) is 0 Å². The fourth-order valence-electron chi connectivity index (χ4n) is 2.80. The van der Waals surface area contributed by atoms with E-state index in [1.807, 2.05) is 0 Å². The summed E-state index contributed by atoms with van der Waals surface area (Å²) in [5.74, 6) is 1.62. The average Bonchev–Trinajstić information content (AvgIpc) is 2.40. The van der Waals surface area contributed by atoms with Gasteiger partial charge in [0.1, 0.15) is 0 Å². The zero-order valence-electron chi connectivity index (χ0n) is 17.2. The molecule has 0 radical (unpaired) electrons. The number of unbranched alkanes of at least 4 members (excludes halogenated alkanes) is 7. The fraction of sp³-hybridized carbons (Fsp3) is 1.00. The third-order valence-corrected chi connectivity index (χ3v) is 6.52. The van der Waals surface area contributed by atoms with Gasteiger partial charge in [-0.25, -0.2) is 0 Å². The quantitative estimate of drug-likeness (QED) is 0.300. The first-order valence-corrected chi connectivity index (χ1v) is 10.1. The van der Waals surface area contributed by atoms with Crippen LogP contribution >= 0.6 is 0 Å². The van der Waals surface area contributed by atoms with Crippen LogP contribution in [0.4, 0.5) is 0 Å². The van der Waals surface area contributed by atoms with E-state index in [1.54, 1.807) is 0 Å². The van der Waals surface area contributed by atoms with Gasteiger partial charge in [0.2, 0.25) is 0 Å². The standard InChI is InChI=1S/C22H46/c1-19(2)21(5,6)17-15-13-11-9-10-12-14-16-18-22(7,8)20(3)4/h19-20H,9-18H2,1-8H3. The topological polar surface area (TPSA) is 0 Å². The van der Waals surface area contributed by atoms with E-state index in [4.69, 9.17) is 0 Å². The Labute approximate surface area is 142 Å². The van der Waals surface area contributed by atoms with E-state index in [9.17, 15) is 0 Å². The Morgan fingerprint density at radius 2 is 0.682 bits per heavy atom. The van der Waals surface area contributed by atoms with E-state index in [1.165, 1.54) is 64.2 Å². The summed E-state index contributed by atoms with van der Waals surface area (Å²) in [6, 6.07) is 0. The van der Waals surface area contributed by atoms with Crippen LogP contribution in [0.15, 0.2) is 0 Å². The maximum Gasteiger partial charge on any atom is -0.0331 e. The molecule has 0 unspecified atom stereocenters. The molecule has 0 aliphatic heterocycles. The van der Waals surface area contributed by atoms with Crippen molar-refractivity contribution < 1.29 is 0 Å². The Morgan fingerprint density at radius 3 is 0.909 bits per heavy atom. The van der Waals surface area contributed by atoms with Crippen LogP contribution in [-0.4, -0.2) is 0 Å². The lowest BCUT2D eigenvalue weighted by atomic mass is 9.77. The molecule has 0 spiro atoms. The van der Waals surface area contributed by atoms with Gasteiger partial charge in [0.25, 0.3) is 0 Å². The lowest BCUT2D eigenvalue weighted by Crippen LogP contribution is -2.18. The van der Waals surface area contributed by atoms with Gasteiger partial charge in [0, 0.05) is 0 Å². The molecule has 22 heavy (non-hydrogen) atoms. The van der Waals surface area contributed by atoms with Crippen LogP contribution in [-0.2, 0) is 0 Å². The van der Waals surface area contributed by atoms with Gasteiger partial charge in [-0.2, -0.15) is 0 Å². The lowest BCUT2D eigenvalue weighted by Gasteiger charge is -2.29. The second-order valence-electron chi connectivity index (χ2n) is 9.61. The van der Waals surface area contributed by atoms with Crippen LogP contribution in [0.2, 0.25) is 0 Å². The zero-order valence-corrected chi connectivity index (χ0v) is 17.2. The summed E-state index contributed by atoms with van der Waals surface area (Å²) in [4.78, 5) is 0. The predicted octanol–water partition coefficient (Wildman–Crippen LogP) is 8.25. The van der Waals surface area contributed by atoms with E-state index < -0.39 is 0 Å². The molecule has 0 fully saturated rings. The van der Waals surface area contributed by atoms with Gasteiger partial charge in [0.05, 0.1) is 0 Å². The van der Waals surface area contributed by atoms with Crippen molar-refractivity contribution in [3.05, 3.63) is 0 Å². The normalized spacial score (nSPS) is 13.4. The smallest absolute Gasteiger partial charge is 0.0331 e. The summed E-state index contributed by atoms with van der Waals surface area (Å²) in [6.45, 7) is 19.2. The molecule has 0 heterocycles. The highest BCUT2D eigenvalue weighted by molar-refractivity contribution is 4.72. The second-order valence-corrected chi connectivity index (χ2v) is 9.61. The molecule has 0 nitrogen and oxygen atoms in total. The Balaban J connectivity index is 3.42. The molecule has 0 saturated heterocycles. The lowest BCUT2D eigenvalue weighted by molar-refractivity contribution is 0.219. The van der Waals surface area contributed by atoms with Crippen LogP contribution < -0.4 is 0 Å². The number of rotatable bonds is 13. The number of hydrogen-bond donors (Lipinski definition) is 0. The maximum absolute atomic E-state index is 2.43. The van der Waals surface area contributed by atoms with E-state index in [2.05, 4.69) is 55.4 Å². The minimum atomic E-state index is 0.531. The monoisotopic (exact) mass is 310 g/mol. The van der Waals surface area contributed by atoms with Crippen molar-refractivity contribution in [2.45, 2.75) is 120 Å². The average molecular weight is 311 g/mol. The Kier molecular flexibility index (Phi) is 10.7. The van der Waals surface area contributed by atoms with Gasteiger partial charge in [-0.3, -0.25) is 0 Å². The van der Waals surface area contributed by atoms with Gasteiger partial charge in [-0.1, -0.05) is 107 Å². The Morgan fingerprint density at radius 1 is 0.455 bits per heavy atom. The molecule has 0 N–H and O–H groups in total. The van der Waals surface area contributed by atoms with E-state index in [0.717, 1.165) is 11.8 Å². The first-order valence-electron chi connectivity index (χ1n) is 10.1. The summed E-state index contributed by atoms with van der Waals surface area (Å²) in [5, 5.41) is 0. The Hall–Kier alpha value is 0. The first kappa shape index (κ1) is 22.0. The summed E-state index contributed by atoms with van der Waals surface area (Å²) in [7, 11) is 0. The molecule has 134 valence electrons. The summed E-state index contributed by atoms with van der Waals surface area (Å²) >= 11 is 0. The summed E-state index contributed by atoms with van der Waals surface area (Å²) in [6.07, 6.45) is 14.3. The SMILES string of the molecule is CC(C)C(C)(C)CCCCCCCCCCC(C)(C)C(C)C. The van der Waals surface area contributed by atoms with Crippen LogP contribution in [0.1, 0.15) is 120 Å². The Bertz CT molecular complexity index is 229. The van der Waals surface area contributed by atoms with E-state index in [0.29, 0.717) is 10.8 Å². The zero-order chi connectivity index (χ0) is 17.2. The van der Waals surface area contributed by atoms with Crippen molar-refractivity contribution in [3.8, 4) is 0 Å². The predicted molar refractivity (Wildman–Crippen MR) is 103 cm³/mol.